The Morgan fingerprint density at radius 2 is 2.24 bits per heavy atom. The number of carbonyl (C=O) groups is 2. The number of thiophene rings is 1. The number of nitrogens with one attached hydrogen (secondary N) is 1. The van der Waals surface area contributed by atoms with E-state index in [-0.39, 0.29) is 12.3 Å². The zero-order valence-corrected chi connectivity index (χ0v) is 12.7. The molecule has 3 heterocycles. The minimum Gasteiger partial charge on any atom is -0.465 e. The molecular weight excluding hydrogens is 310 g/mol. The van der Waals surface area contributed by atoms with Crippen LogP contribution < -0.4 is 5.32 Å². The van der Waals surface area contributed by atoms with Gasteiger partial charge in [0, 0.05) is 17.8 Å². The van der Waals surface area contributed by atoms with Crippen LogP contribution in [0.1, 0.15) is 15.4 Å². The quantitative estimate of drug-likeness (QED) is 0.749. The van der Waals surface area contributed by atoms with Crippen molar-refractivity contribution in [3.05, 3.63) is 39.8 Å². The molecule has 0 radical (unpaired) electrons. The second kappa shape index (κ2) is 5.66. The minimum absolute atomic E-state index is 0.158. The number of esters is 1. The first-order chi connectivity index (χ1) is 10.2. The summed E-state index contributed by atoms with van der Waals surface area (Å²) in [6.07, 6.45) is 3.87. The molecule has 3 aromatic rings. The van der Waals surface area contributed by atoms with Gasteiger partial charge < -0.3 is 10.1 Å². The van der Waals surface area contributed by atoms with Crippen LogP contribution >= 0.6 is 22.7 Å². The first kappa shape index (κ1) is 13.8. The monoisotopic (exact) mass is 321 g/mol. The van der Waals surface area contributed by atoms with Crippen LogP contribution in [0, 0.1) is 0 Å². The van der Waals surface area contributed by atoms with Crippen molar-refractivity contribution < 1.29 is 14.3 Å². The highest BCUT2D eigenvalue weighted by molar-refractivity contribution is 7.15. The average Bonchev–Trinajstić information content (AvgIpc) is 3.13. The van der Waals surface area contributed by atoms with Gasteiger partial charge in [-0.05, 0) is 11.4 Å². The summed E-state index contributed by atoms with van der Waals surface area (Å²) in [5.41, 5.74) is 1.16. The largest absolute Gasteiger partial charge is 0.465 e. The molecule has 0 fully saturated rings. The highest BCUT2D eigenvalue weighted by Crippen LogP contribution is 2.23. The van der Waals surface area contributed by atoms with E-state index in [2.05, 4.69) is 15.0 Å². The number of amides is 1. The van der Waals surface area contributed by atoms with E-state index in [1.165, 1.54) is 29.8 Å². The molecule has 3 aromatic heterocycles. The number of hydrogen-bond donors (Lipinski definition) is 1. The van der Waals surface area contributed by atoms with Crippen molar-refractivity contribution in [1.29, 1.82) is 0 Å². The molecule has 0 bridgehead atoms. The van der Waals surface area contributed by atoms with Gasteiger partial charge in [0.15, 0.2) is 4.96 Å². The Hall–Kier alpha value is -2.19. The predicted molar refractivity (Wildman–Crippen MR) is 81.1 cm³/mol. The topological polar surface area (TPSA) is 72.7 Å². The van der Waals surface area contributed by atoms with E-state index in [0.717, 1.165) is 4.96 Å². The Kier molecular flexibility index (Phi) is 3.72. The second-order valence-corrected chi connectivity index (χ2v) is 5.99. The number of imidazole rings is 1. The summed E-state index contributed by atoms with van der Waals surface area (Å²) in [5, 5.41) is 6.38. The molecule has 0 unspecified atom stereocenters. The number of fused-ring (bicyclic) bond motifs is 1. The summed E-state index contributed by atoms with van der Waals surface area (Å²) in [4.78, 5) is 29.2. The maximum atomic E-state index is 12.0. The van der Waals surface area contributed by atoms with E-state index >= 15 is 0 Å². The zero-order valence-electron chi connectivity index (χ0n) is 11.0. The fourth-order valence-corrected chi connectivity index (χ4v) is 3.36. The van der Waals surface area contributed by atoms with Gasteiger partial charge >= 0.3 is 5.97 Å². The van der Waals surface area contributed by atoms with Gasteiger partial charge in [0.1, 0.15) is 4.88 Å². The van der Waals surface area contributed by atoms with Crippen molar-refractivity contribution in [2.45, 2.75) is 6.42 Å². The van der Waals surface area contributed by atoms with Crippen molar-refractivity contribution >= 4 is 45.2 Å². The fourth-order valence-electron chi connectivity index (χ4n) is 1.88. The normalized spacial score (nSPS) is 10.7. The Morgan fingerprint density at radius 1 is 1.38 bits per heavy atom. The van der Waals surface area contributed by atoms with Crippen LogP contribution in [0.5, 0.6) is 0 Å². The van der Waals surface area contributed by atoms with E-state index in [0.29, 0.717) is 16.3 Å². The Labute approximate surface area is 128 Å². The van der Waals surface area contributed by atoms with Crippen molar-refractivity contribution in [3.8, 4) is 0 Å². The highest BCUT2D eigenvalue weighted by Gasteiger charge is 2.16. The molecule has 1 amide bonds. The molecule has 3 rings (SSSR count). The predicted octanol–water partition coefficient (Wildman–Crippen LogP) is 2.43. The molecule has 0 aliphatic heterocycles. The van der Waals surface area contributed by atoms with E-state index < -0.39 is 5.97 Å². The van der Waals surface area contributed by atoms with Crippen LogP contribution in [-0.4, -0.2) is 28.4 Å². The van der Waals surface area contributed by atoms with Crippen LogP contribution in [0.15, 0.2) is 29.2 Å². The highest BCUT2D eigenvalue weighted by atomic mass is 32.1. The summed E-state index contributed by atoms with van der Waals surface area (Å²) in [6.45, 7) is 0. The first-order valence-corrected chi connectivity index (χ1v) is 7.80. The second-order valence-electron chi connectivity index (χ2n) is 4.21. The van der Waals surface area contributed by atoms with Gasteiger partial charge in [0.05, 0.1) is 24.9 Å². The van der Waals surface area contributed by atoms with Gasteiger partial charge in [-0.2, -0.15) is 0 Å². The Balaban J connectivity index is 1.70. The van der Waals surface area contributed by atoms with Crippen LogP contribution in [0.3, 0.4) is 0 Å². The molecule has 21 heavy (non-hydrogen) atoms. The molecular formula is C13H11N3O3S2. The standard InChI is InChI=1S/C13H11N3O3S2/c1-19-12(18)11-9(2-4-20-11)15-10(17)6-8-7-16-3-5-21-13(16)14-8/h2-5,7H,6H2,1H3,(H,15,17). The molecule has 0 aliphatic carbocycles. The number of rotatable bonds is 4. The molecule has 0 aliphatic rings. The number of aromatic nitrogens is 2. The Morgan fingerprint density at radius 3 is 3.00 bits per heavy atom. The molecule has 0 saturated carbocycles. The molecule has 0 spiro atoms. The fraction of sp³-hybridized carbons (Fsp3) is 0.154. The van der Waals surface area contributed by atoms with E-state index in [9.17, 15) is 9.59 Å². The molecule has 108 valence electrons. The molecule has 0 atom stereocenters. The lowest BCUT2D eigenvalue weighted by Gasteiger charge is -2.04. The summed E-state index contributed by atoms with van der Waals surface area (Å²) >= 11 is 2.74. The lowest BCUT2D eigenvalue weighted by Crippen LogP contribution is -2.16. The van der Waals surface area contributed by atoms with Crippen LogP contribution in [0.2, 0.25) is 0 Å². The third kappa shape index (κ3) is 2.81. The molecule has 0 saturated heterocycles. The third-order valence-electron chi connectivity index (χ3n) is 2.79. The molecule has 8 heteroatoms. The summed E-state index contributed by atoms with van der Waals surface area (Å²) in [5.74, 6) is -0.674. The van der Waals surface area contributed by atoms with Crippen molar-refractivity contribution in [2.24, 2.45) is 0 Å². The van der Waals surface area contributed by atoms with E-state index in [1.807, 2.05) is 22.2 Å². The number of ether oxygens (including phenoxy) is 1. The molecule has 1 N–H and O–H groups in total. The van der Waals surface area contributed by atoms with Crippen molar-refractivity contribution in [2.75, 3.05) is 12.4 Å². The van der Waals surface area contributed by atoms with Crippen LogP contribution in [0.25, 0.3) is 4.96 Å². The number of methoxy groups -OCH3 is 1. The van der Waals surface area contributed by atoms with Crippen molar-refractivity contribution in [3.63, 3.8) is 0 Å². The smallest absolute Gasteiger partial charge is 0.350 e. The number of carbonyl (C=O) groups excluding carboxylic acids is 2. The van der Waals surface area contributed by atoms with Gasteiger partial charge in [-0.1, -0.05) is 0 Å². The number of anilines is 1. The van der Waals surface area contributed by atoms with Gasteiger partial charge in [0.25, 0.3) is 0 Å². The number of nitrogens with zero attached hydrogens (tertiary/aromatic N) is 2. The number of thiazole rings is 1. The summed E-state index contributed by atoms with van der Waals surface area (Å²) < 4.78 is 6.54. The van der Waals surface area contributed by atoms with Gasteiger partial charge in [-0.15, -0.1) is 22.7 Å². The maximum Gasteiger partial charge on any atom is 0.350 e. The molecule has 0 aromatic carbocycles. The molecule has 6 nitrogen and oxygen atoms in total. The minimum atomic E-state index is -0.456. The maximum absolute atomic E-state index is 12.0. The first-order valence-electron chi connectivity index (χ1n) is 6.04. The van der Waals surface area contributed by atoms with Gasteiger partial charge in [-0.3, -0.25) is 9.20 Å². The van der Waals surface area contributed by atoms with Gasteiger partial charge in [0.2, 0.25) is 5.91 Å². The Bertz CT molecular complexity index is 774. The van der Waals surface area contributed by atoms with E-state index in [1.54, 1.807) is 11.4 Å². The lowest BCUT2D eigenvalue weighted by atomic mass is 10.3. The van der Waals surface area contributed by atoms with Crippen molar-refractivity contribution in [1.82, 2.24) is 9.38 Å². The van der Waals surface area contributed by atoms with Crippen LogP contribution in [-0.2, 0) is 16.0 Å². The summed E-state index contributed by atoms with van der Waals surface area (Å²) in [7, 11) is 1.31. The zero-order chi connectivity index (χ0) is 14.8. The van der Waals surface area contributed by atoms with E-state index in [4.69, 9.17) is 0 Å². The van der Waals surface area contributed by atoms with Gasteiger partial charge in [-0.25, -0.2) is 9.78 Å². The summed E-state index contributed by atoms with van der Waals surface area (Å²) in [6, 6.07) is 1.68. The van der Waals surface area contributed by atoms with Crippen LogP contribution in [0.4, 0.5) is 5.69 Å². The third-order valence-corrected chi connectivity index (χ3v) is 4.46. The average molecular weight is 321 g/mol. The lowest BCUT2D eigenvalue weighted by molar-refractivity contribution is -0.115. The number of hydrogen-bond acceptors (Lipinski definition) is 6. The SMILES string of the molecule is COC(=O)c1sccc1NC(=O)Cc1cn2ccsc2n1.